The van der Waals surface area contributed by atoms with E-state index in [0.29, 0.717) is 13.2 Å². The van der Waals surface area contributed by atoms with Crippen molar-refractivity contribution in [3.8, 4) is 0 Å². The van der Waals surface area contributed by atoms with Gasteiger partial charge in [0.15, 0.2) is 0 Å². The van der Waals surface area contributed by atoms with Crippen molar-refractivity contribution in [3.63, 3.8) is 0 Å². The molecule has 0 saturated carbocycles. The zero-order chi connectivity index (χ0) is 12.0. The van der Waals surface area contributed by atoms with E-state index in [-0.39, 0.29) is 5.56 Å². The van der Waals surface area contributed by atoms with Crippen LogP contribution in [0.15, 0.2) is 18.5 Å². The smallest absolute Gasteiger partial charge is 0.222 e. The van der Waals surface area contributed by atoms with Gasteiger partial charge in [0.1, 0.15) is 5.82 Å². The predicted octanol–water partition coefficient (Wildman–Crippen LogP) is 1.80. The van der Waals surface area contributed by atoms with Crippen molar-refractivity contribution in [2.75, 3.05) is 13.2 Å². The number of carbonyl (C=O) groups is 1. The number of Topliss-reactive ketones (excluding diaryl/α,β-unsaturated/α-hetero) is 1. The van der Waals surface area contributed by atoms with Crippen LogP contribution in [0.1, 0.15) is 24.2 Å². The van der Waals surface area contributed by atoms with Crippen LogP contribution in [0.25, 0.3) is 0 Å². The fourth-order valence-corrected chi connectivity index (χ4v) is 1.18. The first-order valence-corrected chi connectivity index (χ1v) is 5.07. The third-order valence-corrected chi connectivity index (χ3v) is 1.84. The van der Waals surface area contributed by atoms with Crippen molar-refractivity contribution in [3.05, 3.63) is 29.8 Å². The van der Waals surface area contributed by atoms with E-state index in [2.05, 4.69) is 4.98 Å². The summed E-state index contributed by atoms with van der Waals surface area (Å²) in [4.78, 5) is 15.4. The molecule has 1 aromatic heterocycles. The first-order chi connectivity index (χ1) is 7.69. The second-order valence-electron chi connectivity index (χ2n) is 3.00. The van der Waals surface area contributed by atoms with Gasteiger partial charge in [-0.2, -0.15) is 0 Å². The standard InChI is InChI=1S/C11H14FNO3/c1-3-15-11(16-4-2)10(14)8-5-9(12)7-13-6-8/h5-7,11H,3-4H2,1-2H3. The lowest BCUT2D eigenvalue weighted by atomic mass is 10.2. The van der Waals surface area contributed by atoms with E-state index in [4.69, 9.17) is 9.47 Å². The number of carbonyl (C=O) groups excluding carboxylic acids is 1. The summed E-state index contributed by atoms with van der Waals surface area (Å²) >= 11 is 0. The molecular formula is C11H14FNO3. The highest BCUT2D eigenvalue weighted by Crippen LogP contribution is 2.08. The molecule has 0 bridgehead atoms. The summed E-state index contributed by atoms with van der Waals surface area (Å²) in [6.07, 6.45) is 1.34. The van der Waals surface area contributed by atoms with Gasteiger partial charge in [-0.05, 0) is 19.9 Å². The lowest BCUT2D eigenvalue weighted by Gasteiger charge is -2.15. The predicted molar refractivity (Wildman–Crippen MR) is 55.6 cm³/mol. The van der Waals surface area contributed by atoms with Crippen LogP contribution in [-0.4, -0.2) is 30.3 Å². The molecule has 1 aromatic rings. The molecule has 0 N–H and O–H groups in total. The Morgan fingerprint density at radius 2 is 2.00 bits per heavy atom. The molecule has 88 valence electrons. The SMILES string of the molecule is CCOC(OCC)C(=O)c1cncc(F)c1. The molecule has 0 unspecified atom stereocenters. The zero-order valence-corrected chi connectivity index (χ0v) is 9.27. The van der Waals surface area contributed by atoms with E-state index < -0.39 is 17.9 Å². The first-order valence-electron chi connectivity index (χ1n) is 5.07. The summed E-state index contributed by atoms with van der Waals surface area (Å²) in [6.45, 7) is 4.20. The first kappa shape index (κ1) is 12.7. The van der Waals surface area contributed by atoms with Gasteiger partial charge in [-0.15, -0.1) is 0 Å². The van der Waals surface area contributed by atoms with Gasteiger partial charge in [0.25, 0.3) is 0 Å². The minimum atomic E-state index is -0.987. The highest BCUT2D eigenvalue weighted by Gasteiger charge is 2.21. The van der Waals surface area contributed by atoms with Crippen molar-refractivity contribution in [1.82, 2.24) is 4.98 Å². The third-order valence-electron chi connectivity index (χ3n) is 1.84. The number of ether oxygens (including phenoxy) is 2. The molecule has 0 atom stereocenters. The third kappa shape index (κ3) is 3.36. The number of rotatable bonds is 6. The molecule has 0 spiro atoms. The molecule has 0 fully saturated rings. The second-order valence-corrected chi connectivity index (χ2v) is 3.00. The maximum absolute atomic E-state index is 12.9. The van der Waals surface area contributed by atoms with Gasteiger partial charge in [0.2, 0.25) is 12.1 Å². The summed E-state index contributed by atoms with van der Waals surface area (Å²) in [5, 5.41) is 0. The van der Waals surface area contributed by atoms with Gasteiger partial charge in [-0.1, -0.05) is 0 Å². The molecule has 0 aliphatic rings. The summed E-state index contributed by atoms with van der Waals surface area (Å²) in [5.41, 5.74) is 0.145. The maximum atomic E-state index is 12.9. The normalized spacial score (nSPS) is 10.8. The number of hydrogen-bond acceptors (Lipinski definition) is 4. The molecule has 0 saturated heterocycles. The Kier molecular flexibility index (Phi) is 5.01. The number of ketones is 1. The molecular weight excluding hydrogens is 213 g/mol. The maximum Gasteiger partial charge on any atom is 0.222 e. The fourth-order valence-electron chi connectivity index (χ4n) is 1.18. The number of pyridine rings is 1. The van der Waals surface area contributed by atoms with Crippen LogP contribution in [0.3, 0.4) is 0 Å². The number of hydrogen-bond donors (Lipinski definition) is 0. The van der Waals surface area contributed by atoms with Crippen molar-refractivity contribution < 1.29 is 18.7 Å². The van der Waals surface area contributed by atoms with Crippen LogP contribution in [-0.2, 0) is 9.47 Å². The van der Waals surface area contributed by atoms with Gasteiger partial charge < -0.3 is 9.47 Å². The number of aromatic nitrogens is 1. The molecule has 16 heavy (non-hydrogen) atoms. The Morgan fingerprint density at radius 1 is 1.38 bits per heavy atom. The Morgan fingerprint density at radius 3 is 2.50 bits per heavy atom. The number of nitrogens with zero attached hydrogens (tertiary/aromatic N) is 1. The van der Waals surface area contributed by atoms with Crippen LogP contribution >= 0.6 is 0 Å². The Balaban J connectivity index is 2.81. The molecule has 0 aliphatic carbocycles. The second kappa shape index (κ2) is 6.30. The monoisotopic (exact) mass is 227 g/mol. The largest absolute Gasteiger partial charge is 0.346 e. The number of halogens is 1. The molecule has 0 aromatic carbocycles. The molecule has 4 nitrogen and oxygen atoms in total. The Bertz CT molecular complexity index is 351. The topological polar surface area (TPSA) is 48.4 Å². The lowest BCUT2D eigenvalue weighted by Crippen LogP contribution is -2.28. The van der Waals surface area contributed by atoms with Gasteiger partial charge in [-0.25, -0.2) is 4.39 Å². The van der Waals surface area contributed by atoms with Crippen LogP contribution < -0.4 is 0 Å². The van der Waals surface area contributed by atoms with E-state index in [1.807, 2.05) is 0 Å². The highest BCUT2D eigenvalue weighted by atomic mass is 19.1. The average Bonchev–Trinajstić information content (AvgIpc) is 2.28. The van der Waals surface area contributed by atoms with Crippen LogP contribution in [0.2, 0.25) is 0 Å². The summed E-state index contributed by atoms with van der Waals surface area (Å²) in [6, 6.07) is 1.11. The van der Waals surface area contributed by atoms with Gasteiger partial charge in [-0.3, -0.25) is 9.78 Å². The molecule has 0 amide bonds. The quantitative estimate of drug-likeness (QED) is 0.549. The average molecular weight is 227 g/mol. The van der Waals surface area contributed by atoms with Crippen LogP contribution in [0, 0.1) is 5.82 Å². The van der Waals surface area contributed by atoms with E-state index in [9.17, 15) is 9.18 Å². The van der Waals surface area contributed by atoms with Crippen LogP contribution in [0.4, 0.5) is 4.39 Å². The molecule has 0 radical (unpaired) electrons. The summed E-state index contributed by atoms with van der Waals surface area (Å²) < 4.78 is 23.1. The van der Waals surface area contributed by atoms with E-state index in [0.717, 1.165) is 12.3 Å². The summed E-state index contributed by atoms with van der Waals surface area (Å²) in [7, 11) is 0. The van der Waals surface area contributed by atoms with E-state index in [1.54, 1.807) is 13.8 Å². The zero-order valence-electron chi connectivity index (χ0n) is 9.27. The van der Waals surface area contributed by atoms with Crippen molar-refractivity contribution >= 4 is 5.78 Å². The van der Waals surface area contributed by atoms with Crippen molar-refractivity contribution in [2.24, 2.45) is 0 Å². The van der Waals surface area contributed by atoms with Gasteiger partial charge in [0, 0.05) is 25.0 Å². The van der Waals surface area contributed by atoms with E-state index >= 15 is 0 Å². The highest BCUT2D eigenvalue weighted by molar-refractivity contribution is 5.98. The summed E-state index contributed by atoms with van der Waals surface area (Å²) in [5.74, 6) is -0.978. The molecule has 0 aliphatic heterocycles. The minimum Gasteiger partial charge on any atom is -0.346 e. The van der Waals surface area contributed by atoms with E-state index in [1.165, 1.54) is 6.20 Å². The van der Waals surface area contributed by atoms with Gasteiger partial charge >= 0.3 is 0 Å². The van der Waals surface area contributed by atoms with Crippen LogP contribution in [0.5, 0.6) is 0 Å². The van der Waals surface area contributed by atoms with Gasteiger partial charge in [0.05, 0.1) is 6.20 Å². The Labute approximate surface area is 93.4 Å². The minimum absolute atomic E-state index is 0.145. The molecule has 1 rings (SSSR count). The molecule has 5 heteroatoms. The fraction of sp³-hybridized carbons (Fsp3) is 0.455. The molecule has 1 heterocycles. The van der Waals surface area contributed by atoms with Crippen molar-refractivity contribution in [2.45, 2.75) is 20.1 Å². The lowest BCUT2D eigenvalue weighted by molar-refractivity contribution is -0.107. The Hall–Kier alpha value is -1.33. The van der Waals surface area contributed by atoms with Crippen molar-refractivity contribution in [1.29, 1.82) is 0 Å².